The minimum absolute atomic E-state index is 0.115. The van der Waals surface area contributed by atoms with Crippen LogP contribution in [0.2, 0.25) is 5.02 Å². The highest BCUT2D eigenvalue weighted by Gasteiger charge is 2.10. The van der Waals surface area contributed by atoms with Crippen molar-refractivity contribution < 1.29 is 14.3 Å². The number of halogens is 1. The number of rotatable bonds is 2. The van der Waals surface area contributed by atoms with Crippen LogP contribution >= 0.6 is 11.6 Å². The smallest absolute Gasteiger partial charge is 0.400 e. The van der Waals surface area contributed by atoms with Gasteiger partial charge < -0.3 is 14.3 Å². The van der Waals surface area contributed by atoms with Crippen molar-refractivity contribution >= 4 is 22.7 Å². The van der Waals surface area contributed by atoms with Crippen LogP contribution in [0, 0.1) is 0 Å². The maximum absolute atomic E-state index is 9.16. The summed E-state index contributed by atoms with van der Waals surface area (Å²) in [5.41, 5.74) is 1.13. The Bertz CT molecular complexity index is 691. The molecule has 2 aromatic carbocycles. The van der Waals surface area contributed by atoms with Gasteiger partial charge in [0.1, 0.15) is 17.0 Å². The first-order valence-electron chi connectivity index (χ1n) is 5.24. The van der Waals surface area contributed by atoms with Gasteiger partial charge in [-0.05, 0) is 36.4 Å². The Balaban J connectivity index is 1.95. The molecular formula is C13H8ClNO3. The lowest BCUT2D eigenvalue weighted by Crippen LogP contribution is -1.82. The first-order valence-corrected chi connectivity index (χ1v) is 5.62. The molecule has 0 aliphatic rings. The van der Waals surface area contributed by atoms with Gasteiger partial charge in [-0.3, -0.25) is 0 Å². The Hall–Kier alpha value is -2.20. The van der Waals surface area contributed by atoms with Gasteiger partial charge in [-0.2, -0.15) is 4.98 Å². The van der Waals surface area contributed by atoms with Crippen LogP contribution in [0.3, 0.4) is 0 Å². The SMILES string of the molecule is Oc1ccc(Oc2nc3c(Cl)cccc3o2)cc1. The molecule has 0 unspecified atom stereocenters. The molecular weight excluding hydrogens is 254 g/mol. The third-order valence-corrected chi connectivity index (χ3v) is 2.70. The summed E-state index contributed by atoms with van der Waals surface area (Å²) in [6.45, 7) is 0. The molecule has 0 bridgehead atoms. The van der Waals surface area contributed by atoms with Crippen LogP contribution in [-0.4, -0.2) is 10.1 Å². The molecule has 1 aromatic heterocycles. The number of phenolic OH excluding ortho intramolecular Hbond substituents is 1. The van der Waals surface area contributed by atoms with Crippen LogP contribution in [0.5, 0.6) is 17.6 Å². The zero-order valence-electron chi connectivity index (χ0n) is 9.13. The van der Waals surface area contributed by atoms with Crippen LogP contribution in [0.25, 0.3) is 11.1 Å². The number of aromatic nitrogens is 1. The summed E-state index contributed by atoms with van der Waals surface area (Å²) in [4.78, 5) is 4.15. The quantitative estimate of drug-likeness (QED) is 0.758. The summed E-state index contributed by atoms with van der Waals surface area (Å²) in [6.07, 6.45) is 0.115. The fourth-order valence-electron chi connectivity index (χ4n) is 1.55. The van der Waals surface area contributed by atoms with Crippen molar-refractivity contribution in [2.45, 2.75) is 0 Å². The molecule has 4 nitrogen and oxygen atoms in total. The van der Waals surface area contributed by atoms with Crippen molar-refractivity contribution in [3.63, 3.8) is 0 Å². The lowest BCUT2D eigenvalue weighted by atomic mass is 10.3. The van der Waals surface area contributed by atoms with Crippen LogP contribution in [0.15, 0.2) is 46.9 Å². The van der Waals surface area contributed by atoms with E-state index in [2.05, 4.69) is 4.98 Å². The number of phenols is 1. The second kappa shape index (κ2) is 4.23. The lowest BCUT2D eigenvalue weighted by Gasteiger charge is -1.99. The van der Waals surface area contributed by atoms with Gasteiger partial charge in [-0.1, -0.05) is 17.7 Å². The first-order chi connectivity index (χ1) is 8.72. The van der Waals surface area contributed by atoms with Gasteiger partial charge in [-0.25, -0.2) is 0 Å². The minimum Gasteiger partial charge on any atom is -0.508 e. The van der Waals surface area contributed by atoms with E-state index in [1.807, 2.05) is 0 Å². The van der Waals surface area contributed by atoms with E-state index in [1.54, 1.807) is 30.3 Å². The Morgan fingerprint density at radius 2 is 1.89 bits per heavy atom. The summed E-state index contributed by atoms with van der Waals surface area (Å²) in [5, 5.41) is 9.67. The van der Waals surface area contributed by atoms with Crippen molar-refractivity contribution in [1.82, 2.24) is 4.98 Å². The average Bonchev–Trinajstić information content (AvgIpc) is 2.76. The molecule has 3 aromatic rings. The number of aromatic hydroxyl groups is 1. The highest BCUT2D eigenvalue weighted by Crippen LogP contribution is 2.29. The highest BCUT2D eigenvalue weighted by atomic mass is 35.5. The third-order valence-electron chi connectivity index (χ3n) is 2.39. The van der Waals surface area contributed by atoms with Crippen molar-refractivity contribution in [3.05, 3.63) is 47.5 Å². The molecule has 3 rings (SSSR count). The largest absolute Gasteiger partial charge is 0.508 e. The normalized spacial score (nSPS) is 10.7. The number of benzene rings is 2. The topological polar surface area (TPSA) is 55.5 Å². The van der Waals surface area contributed by atoms with Crippen LogP contribution in [-0.2, 0) is 0 Å². The van der Waals surface area contributed by atoms with E-state index in [4.69, 9.17) is 25.9 Å². The molecule has 0 radical (unpaired) electrons. The maximum Gasteiger partial charge on any atom is 0.400 e. The number of ether oxygens (including phenoxy) is 1. The second-order valence-electron chi connectivity index (χ2n) is 3.66. The van der Waals surface area contributed by atoms with E-state index in [0.717, 1.165) is 0 Å². The number of oxazole rings is 1. The van der Waals surface area contributed by atoms with E-state index in [9.17, 15) is 0 Å². The van der Waals surface area contributed by atoms with Crippen LogP contribution < -0.4 is 4.74 Å². The Labute approximate surface area is 107 Å². The van der Waals surface area contributed by atoms with Crippen LogP contribution in [0.4, 0.5) is 0 Å². The van der Waals surface area contributed by atoms with Crippen molar-refractivity contribution in [2.75, 3.05) is 0 Å². The lowest BCUT2D eigenvalue weighted by molar-refractivity contribution is 0.342. The molecule has 0 atom stereocenters. The molecule has 0 spiro atoms. The van der Waals surface area contributed by atoms with Gasteiger partial charge >= 0.3 is 6.08 Å². The average molecular weight is 262 g/mol. The fourth-order valence-corrected chi connectivity index (χ4v) is 1.76. The second-order valence-corrected chi connectivity index (χ2v) is 4.07. The Kier molecular flexibility index (Phi) is 2.57. The van der Waals surface area contributed by atoms with Gasteiger partial charge in [0, 0.05) is 0 Å². The van der Waals surface area contributed by atoms with Crippen LogP contribution in [0.1, 0.15) is 0 Å². The minimum atomic E-state index is 0.115. The van der Waals surface area contributed by atoms with Crippen molar-refractivity contribution in [3.8, 4) is 17.6 Å². The molecule has 1 N–H and O–H groups in total. The van der Waals surface area contributed by atoms with E-state index >= 15 is 0 Å². The summed E-state index contributed by atoms with van der Waals surface area (Å²) >= 11 is 5.98. The molecule has 18 heavy (non-hydrogen) atoms. The van der Waals surface area contributed by atoms with Crippen molar-refractivity contribution in [1.29, 1.82) is 0 Å². The van der Waals surface area contributed by atoms with Gasteiger partial charge in [0.15, 0.2) is 5.58 Å². The number of hydrogen-bond acceptors (Lipinski definition) is 4. The Morgan fingerprint density at radius 1 is 1.11 bits per heavy atom. The van der Waals surface area contributed by atoms with E-state index in [1.165, 1.54) is 12.1 Å². The molecule has 0 amide bonds. The van der Waals surface area contributed by atoms with Crippen molar-refractivity contribution in [2.24, 2.45) is 0 Å². The number of para-hydroxylation sites is 1. The van der Waals surface area contributed by atoms with Gasteiger partial charge in [0.25, 0.3) is 0 Å². The van der Waals surface area contributed by atoms with Gasteiger partial charge in [-0.15, -0.1) is 0 Å². The zero-order valence-corrected chi connectivity index (χ0v) is 9.89. The van der Waals surface area contributed by atoms with Gasteiger partial charge in [0.05, 0.1) is 5.02 Å². The summed E-state index contributed by atoms with van der Waals surface area (Å²) in [6, 6.07) is 11.5. The zero-order chi connectivity index (χ0) is 12.5. The summed E-state index contributed by atoms with van der Waals surface area (Å²) in [7, 11) is 0. The fraction of sp³-hybridized carbons (Fsp3) is 0. The number of hydrogen-bond donors (Lipinski definition) is 1. The number of fused-ring (bicyclic) bond motifs is 1. The molecule has 1 heterocycles. The Morgan fingerprint density at radius 3 is 2.61 bits per heavy atom. The third kappa shape index (κ3) is 1.98. The molecule has 0 aliphatic carbocycles. The standard InChI is InChI=1S/C13H8ClNO3/c14-10-2-1-3-11-12(10)15-13(18-11)17-9-6-4-8(16)5-7-9/h1-7,16H. The number of nitrogens with zero attached hydrogens (tertiary/aromatic N) is 1. The molecule has 0 aliphatic heterocycles. The monoisotopic (exact) mass is 261 g/mol. The molecule has 0 fully saturated rings. The first kappa shape index (κ1) is 10.9. The van der Waals surface area contributed by atoms with E-state index in [0.29, 0.717) is 21.9 Å². The predicted molar refractivity (Wildman–Crippen MR) is 67.2 cm³/mol. The van der Waals surface area contributed by atoms with Gasteiger partial charge in [0.2, 0.25) is 0 Å². The van der Waals surface area contributed by atoms with E-state index in [-0.39, 0.29) is 11.8 Å². The predicted octanol–water partition coefficient (Wildman–Crippen LogP) is 3.98. The molecule has 90 valence electrons. The molecule has 0 saturated carbocycles. The molecule has 5 heteroatoms. The summed E-state index contributed by atoms with van der Waals surface area (Å²) in [5.74, 6) is 0.693. The molecule has 0 saturated heterocycles. The highest BCUT2D eigenvalue weighted by molar-refractivity contribution is 6.34. The summed E-state index contributed by atoms with van der Waals surface area (Å²) < 4.78 is 10.8. The van der Waals surface area contributed by atoms with E-state index < -0.39 is 0 Å². The maximum atomic E-state index is 9.16.